The molecule has 0 aromatic heterocycles. The summed E-state index contributed by atoms with van der Waals surface area (Å²) in [6, 6.07) is 10.2. The van der Waals surface area contributed by atoms with Crippen LogP contribution in [0.4, 0.5) is 0 Å². The van der Waals surface area contributed by atoms with Crippen LogP contribution < -0.4 is 5.32 Å². The summed E-state index contributed by atoms with van der Waals surface area (Å²) in [4.78, 5) is 28.4. The molecule has 0 spiro atoms. The van der Waals surface area contributed by atoms with E-state index in [-0.39, 0.29) is 30.2 Å². The molecule has 2 aromatic carbocycles. The lowest BCUT2D eigenvalue weighted by Crippen LogP contribution is -2.52. The first-order valence-corrected chi connectivity index (χ1v) is 14.5. The summed E-state index contributed by atoms with van der Waals surface area (Å²) in [5, 5.41) is 5.20. The van der Waals surface area contributed by atoms with Crippen molar-refractivity contribution in [1.29, 1.82) is 0 Å². The molecule has 0 radical (unpaired) electrons. The summed E-state index contributed by atoms with van der Waals surface area (Å²) in [7, 11) is 0. The molecular formula is C26H30Cl4N2O2S. The highest BCUT2D eigenvalue weighted by atomic mass is 35.5. The van der Waals surface area contributed by atoms with Gasteiger partial charge in [-0.1, -0.05) is 84.7 Å². The van der Waals surface area contributed by atoms with Crippen LogP contribution in [-0.4, -0.2) is 34.6 Å². The fraction of sp³-hybridized carbons (Fsp3) is 0.462. The Kier molecular flexibility index (Phi) is 11.4. The third-order valence-electron chi connectivity index (χ3n) is 6.17. The zero-order chi connectivity index (χ0) is 25.4. The fourth-order valence-corrected chi connectivity index (χ4v) is 6.06. The number of benzene rings is 2. The molecule has 1 fully saturated rings. The van der Waals surface area contributed by atoms with Gasteiger partial charge in [-0.3, -0.25) is 9.59 Å². The van der Waals surface area contributed by atoms with Gasteiger partial charge in [0.1, 0.15) is 6.04 Å². The minimum atomic E-state index is -0.571. The number of hydrogen-bond acceptors (Lipinski definition) is 3. The Hall–Kier alpha value is -1.11. The number of thioether (sulfide) groups is 1. The largest absolute Gasteiger partial charge is 0.352 e. The molecule has 190 valence electrons. The van der Waals surface area contributed by atoms with Crippen LogP contribution in [0.3, 0.4) is 0 Å². The second kappa shape index (κ2) is 14.0. The maximum Gasteiger partial charge on any atom is 0.243 e. The second-order valence-corrected chi connectivity index (χ2v) is 11.4. The molecule has 0 aliphatic heterocycles. The van der Waals surface area contributed by atoms with E-state index in [1.54, 1.807) is 29.2 Å². The van der Waals surface area contributed by atoms with Gasteiger partial charge in [0, 0.05) is 28.4 Å². The molecule has 1 saturated carbocycles. The maximum atomic E-state index is 13.4. The summed E-state index contributed by atoms with van der Waals surface area (Å²) in [6.45, 7) is 2.20. The van der Waals surface area contributed by atoms with Crippen LogP contribution in [0.5, 0.6) is 0 Å². The molecule has 1 aliphatic rings. The zero-order valence-corrected chi connectivity index (χ0v) is 23.5. The molecule has 0 unspecified atom stereocenters. The lowest BCUT2D eigenvalue weighted by atomic mass is 9.95. The van der Waals surface area contributed by atoms with Crippen LogP contribution in [-0.2, 0) is 21.9 Å². The van der Waals surface area contributed by atoms with Crippen molar-refractivity contribution in [3.05, 3.63) is 67.6 Å². The van der Waals surface area contributed by atoms with E-state index < -0.39 is 6.04 Å². The van der Waals surface area contributed by atoms with Gasteiger partial charge in [-0.05, 0) is 54.7 Å². The summed E-state index contributed by atoms with van der Waals surface area (Å²) in [5.74, 6) is 0.566. The number of halogens is 4. The quantitative estimate of drug-likeness (QED) is 0.314. The highest BCUT2D eigenvalue weighted by molar-refractivity contribution is 7.99. The van der Waals surface area contributed by atoms with E-state index in [0.29, 0.717) is 32.3 Å². The van der Waals surface area contributed by atoms with Crippen molar-refractivity contribution in [3.63, 3.8) is 0 Å². The molecule has 3 rings (SSSR count). The Bertz CT molecular complexity index is 1030. The van der Waals surface area contributed by atoms with Crippen molar-refractivity contribution in [2.75, 3.05) is 5.75 Å². The molecule has 1 aliphatic carbocycles. The van der Waals surface area contributed by atoms with E-state index in [2.05, 4.69) is 5.32 Å². The molecule has 35 heavy (non-hydrogen) atoms. The van der Waals surface area contributed by atoms with Crippen LogP contribution in [0.2, 0.25) is 20.1 Å². The van der Waals surface area contributed by atoms with Gasteiger partial charge in [0.15, 0.2) is 0 Å². The Balaban J connectivity index is 1.73. The standard InChI is InChI=1S/C26H30Cl4N2O2S/c1-2-24(26(34)31-20-6-4-3-5-7-20)32(14-17-8-11-21(28)23(30)12-17)25(33)16-35-15-18-9-10-19(27)13-22(18)29/h8-13,20,24H,2-7,14-16H2,1H3,(H,31,34)/t24-/m1/s1. The smallest absolute Gasteiger partial charge is 0.243 e. The maximum absolute atomic E-state index is 13.4. The lowest BCUT2D eigenvalue weighted by Gasteiger charge is -2.33. The summed E-state index contributed by atoms with van der Waals surface area (Å²) < 4.78 is 0. The minimum absolute atomic E-state index is 0.0986. The molecular weight excluding hydrogens is 546 g/mol. The van der Waals surface area contributed by atoms with Crippen molar-refractivity contribution in [2.24, 2.45) is 0 Å². The van der Waals surface area contributed by atoms with Crippen molar-refractivity contribution < 1.29 is 9.59 Å². The predicted octanol–water partition coefficient (Wildman–Crippen LogP) is 7.79. The molecule has 0 heterocycles. The first-order chi connectivity index (χ1) is 16.8. The molecule has 9 heteroatoms. The number of amides is 2. The van der Waals surface area contributed by atoms with Crippen LogP contribution >= 0.6 is 58.2 Å². The Labute approximate surface area is 232 Å². The van der Waals surface area contributed by atoms with Crippen LogP contribution in [0.15, 0.2) is 36.4 Å². The predicted molar refractivity (Wildman–Crippen MR) is 149 cm³/mol. The summed E-state index contributed by atoms with van der Waals surface area (Å²) in [6.07, 6.45) is 5.94. The number of carbonyl (C=O) groups is 2. The third-order valence-corrected chi connectivity index (χ3v) is 8.46. The average molecular weight is 576 g/mol. The lowest BCUT2D eigenvalue weighted by molar-refractivity contribution is -0.139. The first kappa shape index (κ1) is 28.5. The van der Waals surface area contributed by atoms with Gasteiger partial charge >= 0.3 is 0 Å². The van der Waals surface area contributed by atoms with Gasteiger partial charge in [-0.25, -0.2) is 0 Å². The number of hydrogen-bond donors (Lipinski definition) is 1. The Morgan fingerprint density at radius 2 is 1.74 bits per heavy atom. The van der Waals surface area contributed by atoms with E-state index >= 15 is 0 Å². The Morgan fingerprint density at radius 3 is 2.40 bits per heavy atom. The topological polar surface area (TPSA) is 49.4 Å². The van der Waals surface area contributed by atoms with Gasteiger partial charge in [0.2, 0.25) is 11.8 Å². The molecule has 0 bridgehead atoms. The molecule has 4 nitrogen and oxygen atoms in total. The number of nitrogens with zero attached hydrogens (tertiary/aromatic N) is 1. The summed E-state index contributed by atoms with van der Waals surface area (Å²) in [5.41, 5.74) is 1.73. The monoisotopic (exact) mass is 574 g/mol. The van der Waals surface area contributed by atoms with Gasteiger partial charge in [-0.2, -0.15) is 0 Å². The number of rotatable bonds is 10. The zero-order valence-electron chi connectivity index (χ0n) is 19.7. The van der Waals surface area contributed by atoms with E-state index in [4.69, 9.17) is 46.4 Å². The van der Waals surface area contributed by atoms with Crippen molar-refractivity contribution in [1.82, 2.24) is 10.2 Å². The molecule has 1 atom stereocenters. The molecule has 1 N–H and O–H groups in total. The van der Waals surface area contributed by atoms with Crippen LogP contribution in [0.1, 0.15) is 56.6 Å². The fourth-order valence-electron chi connectivity index (χ4n) is 4.27. The van der Waals surface area contributed by atoms with Crippen LogP contribution in [0, 0.1) is 0 Å². The third kappa shape index (κ3) is 8.46. The van der Waals surface area contributed by atoms with Crippen LogP contribution in [0.25, 0.3) is 0 Å². The highest BCUT2D eigenvalue weighted by Crippen LogP contribution is 2.27. The van der Waals surface area contributed by atoms with Gasteiger partial charge in [0.25, 0.3) is 0 Å². The highest BCUT2D eigenvalue weighted by Gasteiger charge is 2.30. The molecule has 2 amide bonds. The molecule has 2 aromatic rings. The van der Waals surface area contributed by atoms with Crippen molar-refractivity contribution in [2.45, 2.75) is 69.8 Å². The summed E-state index contributed by atoms with van der Waals surface area (Å²) >= 11 is 26.0. The number of carbonyl (C=O) groups excluding carboxylic acids is 2. The van der Waals surface area contributed by atoms with Gasteiger partial charge < -0.3 is 10.2 Å². The van der Waals surface area contributed by atoms with E-state index in [9.17, 15) is 9.59 Å². The Morgan fingerprint density at radius 1 is 1.00 bits per heavy atom. The average Bonchev–Trinajstić information content (AvgIpc) is 2.83. The second-order valence-electron chi connectivity index (χ2n) is 8.77. The number of nitrogens with one attached hydrogen (secondary N) is 1. The first-order valence-electron chi connectivity index (χ1n) is 11.8. The van der Waals surface area contributed by atoms with Crippen molar-refractivity contribution in [3.8, 4) is 0 Å². The SMILES string of the molecule is CC[C@H](C(=O)NC1CCCCC1)N(Cc1ccc(Cl)c(Cl)c1)C(=O)CSCc1ccc(Cl)cc1Cl. The van der Waals surface area contributed by atoms with Gasteiger partial charge in [0.05, 0.1) is 15.8 Å². The van der Waals surface area contributed by atoms with Crippen molar-refractivity contribution >= 4 is 70.0 Å². The van der Waals surface area contributed by atoms with Gasteiger partial charge in [-0.15, -0.1) is 11.8 Å². The van der Waals surface area contributed by atoms with E-state index in [1.807, 2.05) is 19.1 Å². The molecule has 0 saturated heterocycles. The van der Waals surface area contributed by atoms with E-state index in [0.717, 1.165) is 36.8 Å². The minimum Gasteiger partial charge on any atom is -0.352 e. The normalized spacial score (nSPS) is 15.0. The van der Waals surface area contributed by atoms with E-state index in [1.165, 1.54) is 18.2 Å².